The molecule has 0 radical (unpaired) electrons. The Hall–Kier alpha value is -2.04. The van der Waals surface area contributed by atoms with Crippen LogP contribution in [0.3, 0.4) is 0 Å². The molecule has 0 saturated heterocycles. The summed E-state index contributed by atoms with van der Waals surface area (Å²) in [6.07, 6.45) is 0. The Morgan fingerprint density at radius 1 is 0.950 bits per heavy atom. The van der Waals surface area contributed by atoms with Gasteiger partial charge in [-0.3, -0.25) is 0 Å². The first-order chi connectivity index (χ1) is 9.74. The fourth-order valence-electron chi connectivity index (χ4n) is 1.98. The highest BCUT2D eigenvalue weighted by Gasteiger charge is 2.15. The van der Waals surface area contributed by atoms with Crippen molar-refractivity contribution in [2.75, 3.05) is 0 Å². The molecular formula is C16H15N3S. The summed E-state index contributed by atoms with van der Waals surface area (Å²) in [5.41, 5.74) is 9.61. The molecule has 2 N–H and O–H groups in total. The van der Waals surface area contributed by atoms with E-state index in [0.29, 0.717) is 0 Å². The number of hydrogen-bond donors (Lipinski definition) is 1. The van der Waals surface area contributed by atoms with E-state index in [0.717, 1.165) is 21.1 Å². The van der Waals surface area contributed by atoms with Crippen molar-refractivity contribution in [2.45, 2.75) is 13.0 Å². The molecule has 1 atom stereocenters. The molecule has 100 valence electrons. The van der Waals surface area contributed by atoms with Crippen molar-refractivity contribution in [3.05, 3.63) is 70.7 Å². The predicted octanol–water partition coefficient (Wildman–Crippen LogP) is 3.56. The molecule has 3 nitrogen and oxygen atoms in total. The van der Waals surface area contributed by atoms with Gasteiger partial charge in [0.1, 0.15) is 10.0 Å². The van der Waals surface area contributed by atoms with E-state index < -0.39 is 0 Å². The second-order valence-electron chi connectivity index (χ2n) is 4.70. The molecule has 0 fully saturated rings. The third-order valence-corrected chi connectivity index (χ3v) is 4.22. The largest absolute Gasteiger partial charge is 0.318 e. The molecule has 1 unspecified atom stereocenters. The molecule has 1 heterocycles. The van der Waals surface area contributed by atoms with Gasteiger partial charge in [0.15, 0.2) is 0 Å². The molecule has 20 heavy (non-hydrogen) atoms. The number of nitrogens with zero attached hydrogens (tertiary/aromatic N) is 2. The van der Waals surface area contributed by atoms with Crippen LogP contribution in [0.15, 0.2) is 54.6 Å². The molecule has 0 spiro atoms. The molecule has 0 saturated carbocycles. The predicted molar refractivity (Wildman–Crippen MR) is 82.6 cm³/mol. The Morgan fingerprint density at radius 2 is 1.65 bits per heavy atom. The second kappa shape index (κ2) is 5.53. The molecule has 2 aromatic carbocycles. The fourth-order valence-corrected chi connectivity index (χ4v) is 2.85. The van der Waals surface area contributed by atoms with E-state index in [1.807, 2.05) is 30.3 Å². The lowest BCUT2D eigenvalue weighted by Gasteiger charge is -2.06. The van der Waals surface area contributed by atoms with Gasteiger partial charge in [0.2, 0.25) is 0 Å². The first kappa shape index (κ1) is 13.0. The molecule has 0 aliphatic carbocycles. The number of aromatic nitrogens is 2. The minimum absolute atomic E-state index is 0.215. The Bertz CT molecular complexity index is 689. The SMILES string of the molecule is Cc1ccc(-c2nnc(C(N)c3ccccc3)s2)cc1. The number of benzene rings is 2. The van der Waals surface area contributed by atoms with E-state index in [1.165, 1.54) is 5.56 Å². The van der Waals surface area contributed by atoms with Gasteiger partial charge < -0.3 is 5.73 Å². The van der Waals surface area contributed by atoms with E-state index in [4.69, 9.17) is 5.73 Å². The van der Waals surface area contributed by atoms with Crippen LogP contribution < -0.4 is 5.73 Å². The number of nitrogens with two attached hydrogens (primary N) is 1. The zero-order valence-corrected chi connectivity index (χ0v) is 12.0. The standard InChI is InChI=1S/C16H15N3S/c1-11-7-9-13(10-8-11)15-18-19-16(20-15)14(17)12-5-3-2-4-6-12/h2-10,14H,17H2,1H3. The summed E-state index contributed by atoms with van der Waals surface area (Å²) < 4.78 is 0. The average molecular weight is 281 g/mol. The molecule has 0 bridgehead atoms. The summed E-state index contributed by atoms with van der Waals surface area (Å²) in [5.74, 6) is 0. The lowest BCUT2D eigenvalue weighted by Crippen LogP contribution is -2.11. The van der Waals surface area contributed by atoms with Crippen molar-refractivity contribution in [3.63, 3.8) is 0 Å². The smallest absolute Gasteiger partial charge is 0.147 e. The lowest BCUT2D eigenvalue weighted by molar-refractivity contribution is 0.831. The van der Waals surface area contributed by atoms with Crippen LogP contribution in [0.4, 0.5) is 0 Å². The summed E-state index contributed by atoms with van der Waals surface area (Å²) >= 11 is 1.55. The van der Waals surface area contributed by atoms with Crippen molar-refractivity contribution in [2.24, 2.45) is 5.73 Å². The van der Waals surface area contributed by atoms with Gasteiger partial charge in [-0.15, -0.1) is 10.2 Å². The Morgan fingerprint density at radius 3 is 2.35 bits per heavy atom. The lowest BCUT2D eigenvalue weighted by atomic mass is 10.1. The Labute approximate surface area is 122 Å². The van der Waals surface area contributed by atoms with Gasteiger partial charge in [-0.1, -0.05) is 71.5 Å². The van der Waals surface area contributed by atoms with Crippen LogP contribution in [0.5, 0.6) is 0 Å². The summed E-state index contributed by atoms with van der Waals surface area (Å²) in [6, 6.07) is 18.0. The Kier molecular flexibility index (Phi) is 3.58. The summed E-state index contributed by atoms with van der Waals surface area (Å²) in [5, 5.41) is 10.2. The van der Waals surface area contributed by atoms with Crippen LogP contribution in [0.2, 0.25) is 0 Å². The highest BCUT2D eigenvalue weighted by Crippen LogP contribution is 2.28. The van der Waals surface area contributed by atoms with Gasteiger partial charge in [-0.05, 0) is 12.5 Å². The highest BCUT2D eigenvalue weighted by molar-refractivity contribution is 7.14. The van der Waals surface area contributed by atoms with Crippen LogP contribution in [-0.4, -0.2) is 10.2 Å². The van der Waals surface area contributed by atoms with Gasteiger partial charge in [0.25, 0.3) is 0 Å². The summed E-state index contributed by atoms with van der Waals surface area (Å²) in [4.78, 5) is 0. The fraction of sp³-hybridized carbons (Fsp3) is 0.125. The second-order valence-corrected chi connectivity index (χ2v) is 5.71. The highest BCUT2D eigenvalue weighted by atomic mass is 32.1. The van der Waals surface area contributed by atoms with Crippen LogP contribution in [0, 0.1) is 6.92 Å². The van der Waals surface area contributed by atoms with Gasteiger partial charge in [-0.25, -0.2) is 0 Å². The van der Waals surface area contributed by atoms with Gasteiger partial charge >= 0.3 is 0 Å². The minimum atomic E-state index is -0.215. The summed E-state index contributed by atoms with van der Waals surface area (Å²) in [6.45, 7) is 2.07. The average Bonchev–Trinajstić information content (AvgIpc) is 2.98. The van der Waals surface area contributed by atoms with Crippen LogP contribution in [0.25, 0.3) is 10.6 Å². The van der Waals surface area contributed by atoms with Gasteiger partial charge in [0.05, 0.1) is 6.04 Å². The molecule has 0 aliphatic rings. The maximum Gasteiger partial charge on any atom is 0.147 e. The third kappa shape index (κ3) is 2.61. The Balaban J connectivity index is 1.89. The first-order valence-corrected chi connectivity index (χ1v) is 7.26. The number of rotatable bonds is 3. The maximum atomic E-state index is 6.24. The van der Waals surface area contributed by atoms with Gasteiger partial charge in [0, 0.05) is 5.56 Å². The van der Waals surface area contributed by atoms with Crippen LogP contribution >= 0.6 is 11.3 Å². The monoisotopic (exact) mass is 281 g/mol. The number of hydrogen-bond acceptors (Lipinski definition) is 4. The molecular weight excluding hydrogens is 266 g/mol. The van der Waals surface area contributed by atoms with Crippen molar-refractivity contribution in [3.8, 4) is 10.6 Å². The van der Waals surface area contributed by atoms with Crippen molar-refractivity contribution in [1.82, 2.24) is 10.2 Å². The van der Waals surface area contributed by atoms with Crippen molar-refractivity contribution in [1.29, 1.82) is 0 Å². The molecule has 3 aromatic rings. The van der Waals surface area contributed by atoms with E-state index in [1.54, 1.807) is 11.3 Å². The van der Waals surface area contributed by atoms with Crippen molar-refractivity contribution >= 4 is 11.3 Å². The van der Waals surface area contributed by atoms with Crippen molar-refractivity contribution < 1.29 is 0 Å². The molecule has 0 aliphatic heterocycles. The topological polar surface area (TPSA) is 51.8 Å². The van der Waals surface area contributed by atoms with Crippen LogP contribution in [-0.2, 0) is 0 Å². The molecule has 4 heteroatoms. The molecule has 1 aromatic heterocycles. The summed E-state index contributed by atoms with van der Waals surface area (Å²) in [7, 11) is 0. The van der Waals surface area contributed by atoms with Gasteiger partial charge in [-0.2, -0.15) is 0 Å². The quantitative estimate of drug-likeness (QED) is 0.798. The zero-order valence-electron chi connectivity index (χ0n) is 11.2. The van der Waals surface area contributed by atoms with Crippen LogP contribution in [0.1, 0.15) is 22.2 Å². The minimum Gasteiger partial charge on any atom is -0.318 e. The van der Waals surface area contributed by atoms with E-state index in [9.17, 15) is 0 Å². The molecule has 0 amide bonds. The first-order valence-electron chi connectivity index (χ1n) is 6.45. The number of aryl methyl sites for hydroxylation is 1. The zero-order chi connectivity index (χ0) is 13.9. The maximum absolute atomic E-state index is 6.24. The molecule has 3 rings (SSSR count). The third-order valence-electron chi connectivity index (χ3n) is 3.16. The normalized spacial score (nSPS) is 12.3. The van der Waals surface area contributed by atoms with E-state index in [-0.39, 0.29) is 6.04 Å². The van der Waals surface area contributed by atoms with E-state index in [2.05, 4.69) is 41.4 Å². The van der Waals surface area contributed by atoms with E-state index >= 15 is 0 Å².